The van der Waals surface area contributed by atoms with Crippen LogP contribution in [0.5, 0.6) is 0 Å². The van der Waals surface area contributed by atoms with Crippen LogP contribution < -0.4 is 16.0 Å². The number of nitrogens with one attached hydrogen (secondary N) is 3. The first-order chi connectivity index (χ1) is 9.45. The molecule has 1 rings (SSSR count). The Kier molecular flexibility index (Phi) is 6.21. The van der Waals surface area contributed by atoms with Gasteiger partial charge in [0.15, 0.2) is 0 Å². The summed E-state index contributed by atoms with van der Waals surface area (Å²) < 4.78 is 0. The molecule has 0 aliphatic heterocycles. The fourth-order valence-corrected chi connectivity index (χ4v) is 1.97. The van der Waals surface area contributed by atoms with E-state index in [4.69, 9.17) is 0 Å². The summed E-state index contributed by atoms with van der Waals surface area (Å²) in [7, 11) is 1.84. The second-order valence-electron chi connectivity index (χ2n) is 5.29. The van der Waals surface area contributed by atoms with E-state index in [2.05, 4.69) is 39.8 Å². The zero-order valence-electron chi connectivity index (χ0n) is 12.9. The summed E-state index contributed by atoms with van der Waals surface area (Å²) in [6.45, 7) is 8.64. The van der Waals surface area contributed by atoms with Crippen molar-refractivity contribution in [3.05, 3.63) is 11.9 Å². The Bertz CT molecular complexity index is 445. The first-order valence-electron chi connectivity index (χ1n) is 7.01. The minimum atomic E-state index is 0.0430. The molecule has 1 amide bonds. The number of hydrogen-bond acceptors (Lipinski definition) is 5. The molecule has 1 heterocycles. The summed E-state index contributed by atoms with van der Waals surface area (Å²) in [5.41, 5.74) is 1.04. The molecule has 0 saturated heterocycles. The first kappa shape index (κ1) is 16.2. The van der Waals surface area contributed by atoms with E-state index in [9.17, 15) is 4.79 Å². The van der Waals surface area contributed by atoms with Gasteiger partial charge in [0.1, 0.15) is 18.0 Å². The molecular formula is C14H25N5O. The third-order valence-corrected chi connectivity index (χ3v) is 2.79. The largest absolute Gasteiger partial charge is 0.373 e. The SMILES string of the molecule is CNc1ncnc(NCCC(=O)NC(C)C)c1C(C)C. The standard InChI is InChI=1S/C14H25N5O/c1-9(2)12-13(15-5)17-8-18-14(12)16-7-6-11(20)19-10(3)4/h8-10H,6-7H2,1-5H3,(H,19,20)(H2,15,16,17,18). The van der Waals surface area contributed by atoms with Crippen molar-refractivity contribution in [2.24, 2.45) is 0 Å². The first-order valence-corrected chi connectivity index (χ1v) is 7.01. The highest BCUT2D eigenvalue weighted by Gasteiger charge is 2.14. The summed E-state index contributed by atoms with van der Waals surface area (Å²) in [5, 5.41) is 9.16. The third kappa shape index (κ3) is 4.68. The zero-order chi connectivity index (χ0) is 15.1. The van der Waals surface area contributed by atoms with Crippen molar-refractivity contribution in [3.8, 4) is 0 Å². The number of carbonyl (C=O) groups excluding carboxylic acids is 1. The molecule has 0 aromatic carbocycles. The second-order valence-corrected chi connectivity index (χ2v) is 5.29. The summed E-state index contributed by atoms with van der Waals surface area (Å²) in [6.07, 6.45) is 1.95. The minimum absolute atomic E-state index is 0.0430. The van der Waals surface area contributed by atoms with Gasteiger partial charge in [0.25, 0.3) is 0 Å². The van der Waals surface area contributed by atoms with E-state index in [1.807, 2.05) is 20.9 Å². The lowest BCUT2D eigenvalue weighted by molar-refractivity contribution is -0.121. The highest BCUT2D eigenvalue weighted by molar-refractivity contribution is 5.76. The number of hydrogen-bond donors (Lipinski definition) is 3. The van der Waals surface area contributed by atoms with Gasteiger partial charge in [-0.15, -0.1) is 0 Å². The molecule has 20 heavy (non-hydrogen) atoms. The predicted molar refractivity (Wildman–Crippen MR) is 82.1 cm³/mol. The van der Waals surface area contributed by atoms with E-state index < -0.39 is 0 Å². The van der Waals surface area contributed by atoms with Crippen LogP contribution in [0.15, 0.2) is 6.33 Å². The minimum Gasteiger partial charge on any atom is -0.373 e. The lowest BCUT2D eigenvalue weighted by Crippen LogP contribution is -2.31. The van der Waals surface area contributed by atoms with Gasteiger partial charge in [0.2, 0.25) is 5.91 Å². The van der Waals surface area contributed by atoms with Gasteiger partial charge in [-0.1, -0.05) is 13.8 Å². The molecule has 0 unspecified atom stereocenters. The molecule has 6 heteroatoms. The molecule has 112 valence electrons. The van der Waals surface area contributed by atoms with Gasteiger partial charge in [0, 0.05) is 31.6 Å². The molecule has 0 aliphatic carbocycles. The van der Waals surface area contributed by atoms with Gasteiger partial charge < -0.3 is 16.0 Å². The molecule has 3 N–H and O–H groups in total. The van der Waals surface area contributed by atoms with E-state index >= 15 is 0 Å². The summed E-state index contributed by atoms with van der Waals surface area (Å²) in [5.74, 6) is 1.95. The van der Waals surface area contributed by atoms with E-state index in [0.29, 0.717) is 18.9 Å². The van der Waals surface area contributed by atoms with E-state index in [0.717, 1.165) is 17.2 Å². The quantitative estimate of drug-likeness (QED) is 0.711. The van der Waals surface area contributed by atoms with Crippen molar-refractivity contribution in [2.75, 3.05) is 24.2 Å². The molecule has 0 atom stereocenters. The van der Waals surface area contributed by atoms with Crippen LogP contribution in [0.4, 0.5) is 11.6 Å². The van der Waals surface area contributed by atoms with Crippen LogP contribution in [-0.2, 0) is 4.79 Å². The second kappa shape index (κ2) is 7.67. The number of amides is 1. The summed E-state index contributed by atoms with van der Waals surface area (Å²) in [4.78, 5) is 20.1. The van der Waals surface area contributed by atoms with Crippen molar-refractivity contribution >= 4 is 17.5 Å². The average Bonchev–Trinajstić information content (AvgIpc) is 2.37. The van der Waals surface area contributed by atoms with Gasteiger partial charge in [0.05, 0.1) is 0 Å². The Balaban J connectivity index is 2.66. The van der Waals surface area contributed by atoms with Crippen molar-refractivity contribution < 1.29 is 4.79 Å². The molecule has 0 spiro atoms. The van der Waals surface area contributed by atoms with E-state index in [1.54, 1.807) is 0 Å². The smallest absolute Gasteiger partial charge is 0.221 e. The number of anilines is 2. The summed E-state index contributed by atoms with van der Waals surface area (Å²) in [6, 6.07) is 0.170. The lowest BCUT2D eigenvalue weighted by atomic mass is 10.0. The third-order valence-electron chi connectivity index (χ3n) is 2.79. The average molecular weight is 279 g/mol. The maximum Gasteiger partial charge on any atom is 0.221 e. The van der Waals surface area contributed by atoms with Crippen LogP contribution in [0.2, 0.25) is 0 Å². The van der Waals surface area contributed by atoms with Crippen LogP contribution in [0.25, 0.3) is 0 Å². The van der Waals surface area contributed by atoms with Gasteiger partial charge in [-0.05, 0) is 19.8 Å². The fraction of sp³-hybridized carbons (Fsp3) is 0.643. The number of carbonyl (C=O) groups is 1. The lowest BCUT2D eigenvalue weighted by Gasteiger charge is -2.16. The Hall–Kier alpha value is -1.85. The van der Waals surface area contributed by atoms with Gasteiger partial charge in [-0.25, -0.2) is 9.97 Å². The monoisotopic (exact) mass is 279 g/mol. The number of nitrogens with zero attached hydrogens (tertiary/aromatic N) is 2. The molecule has 0 radical (unpaired) electrons. The molecule has 1 aromatic heterocycles. The molecular weight excluding hydrogens is 254 g/mol. The van der Waals surface area contributed by atoms with Crippen molar-refractivity contribution in [2.45, 2.75) is 46.1 Å². The Labute approximate surface area is 120 Å². The van der Waals surface area contributed by atoms with Crippen molar-refractivity contribution in [1.82, 2.24) is 15.3 Å². The van der Waals surface area contributed by atoms with Gasteiger partial charge in [-0.2, -0.15) is 0 Å². The van der Waals surface area contributed by atoms with Gasteiger partial charge >= 0.3 is 0 Å². The molecule has 1 aromatic rings. The van der Waals surface area contributed by atoms with Crippen molar-refractivity contribution in [3.63, 3.8) is 0 Å². The highest BCUT2D eigenvalue weighted by atomic mass is 16.1. The van der Waals surface area contributed by atoms with Gasteiger partial charge in [-0.3, -0.25) is 4.79 Å². The summed E-state index contributed by atoms with van der Waals surface area (Å²) >= 11 is 0. The molecule has 0 fully saturated rings. The Morgan fingerprint density at radius 1 is 1.20 bits per heavy atom. The molecule has 0 aliphatic rings. The fourth-order valence-electron chi connectivity index (χ4n) is 1.97. The molecule has 0 saturated carbocycles. The van der Waals surface area contributed by atoms with Crippen LogP contribution in [0, 0.1) is 0 Å². The molecule has 6 nitrogen and oxygen atoms in total. The predicted octanol–water partition coefficient (Wildman–Crippen LogP) is 1.97. The van der Waals surface area contributed by atoms with Crippen LogP contribution in [-0.4, -0.2) is 35.5 Å². The van der Waals surface area contributed by atoms with E-state index in [1.165, 1.54) is 6.33 Å². The van der Waals surface area contributed by atoms with Crippen molar-refractivity contribution in [1.29, 1.82) is 0 Å². The van der Waals surface area contributed by atoms with Crippen LogP contribution in [0.1, 0.15) is 45.6 Å². The Morgan fingerprint density at radius 2 is 1.85 bits per heavy atom. The highest BCUT2D eigenvalue weighted by Crippen LogP contribution is 2.27. The maximum atomic E-state index is 11.6. The Morgan fingerprint density at radius 3 is 2.40 bits per heavy atom. The zero-order valence-corrected chi connectivity index (χ0v) is 12.9. The topological polar surface area (TPSA) is 78.9 Å². The maximum absolute atomic E-state index is 11.6. The van der Waals surface area contributed by atoms with Crippen LogP contribution >= 0.6 is 0 Å². The number of aromatic nitrogens is 2. The van der Waals surface area contributed by atoms with E-state index in [-0.39, 0.29) is 11.9 Å². The van der Waals surface area contributed by atoms with Crippen LogP contribution in [0.3, 0.4) is 0 Å². The normalized spacial score (nSPS) is 10.8. The number of rotatable bonds is 7. The molecule has 0 bridgehead atoms.